The van der Waals surface area contributed by atoms with E-state index in [1.54, 1.807) is 0 Å². The van der Waals surface area contributed by atoms with E-state index < -0.39 is 0 Å². The fourth-order valence-corrected chi connectivity index (χ4v) is 3.93. The van der Waals surface area contributed by atoms with E-state index in [2.05, 4.69) is 59.4 Å². The number of benzene rings is 2. The number of carbonyl (C=O) groups is 1. The van der Waals surface area contributed by atoms with Gasteiger partial charge in [-0.2, -0.15) is 0 Å². The molecule has 1 aliphatic rings. The smallest absolute Gasteiger partial charge is 0.251 e. The van der Waals surface area contributed by atoms with Crippen molar-refractivity contribution in [3.8, 4) is 11.1 Å². The van der Waals surface area contributed by atoms with Crippen LogP contribution in [-0.4, -0.2) is 41.0 Å². The summed E-state index contributed by atoms with van der Waals surface area (Å²) in [5, 5.41) is 4.42. The zero-order valence-corrected chi connectivity index (χ0v) is 16.0. The number of H-pyrrole nitrogens is 1. The first-order valence-electron chi connectivity index (χ1n) is 9.82. The second-order valence-corrected chi connectivity index (χ2v) is 7.76. The molecule has 2 aromatic carbocycles. The second-order valence-electron chi connectivity index (χ2n) is 7.76. The number of hydrogen-bond acceptors (Lipinski definition) is 2. The van der Waals surface area contributed by atoms with Gasteiger partial charge in [0.25, 0.3) is 5.91 Å². The highest BCUT2D eigenvalue weighted by Crippen LogP contribution is 2.25. The van der Waals surface area contributed by atoms with Crippen LogP contribution in [-0.2, 0) is 0 Å². The summed E-state index contributed by atoms with van der Waals surface area (Å²) < 4.78 is 0. The van der Waals surface area contributed by atoms with Gasteiger partial charge in [0.15, 0.2) is 0 Å². The van der Waals surface area contributed by atoms with E-state index >= 15 is 0 Å². The Labute approximate surface area is 160 Å². The van der Waals surface area contributed by atoms with Crippen molar-refractivity contribution in [3.05, 3.63) is 60.3 Å². The molecule has 27 heavy (non-hydrogen) atoms. The van der Waals surface area contributed by atoms with E-state index in [0.29, 0.717) is 6.04 Å². The van der Waals surface area contributed by atoms with Crippen LogP contribution in [0.1, 0.15) is 37.0 Å². The molecule has 1 atom stereocenters. The fourth-order valence-electron chi connectivity index (χ4n) is 3.93. The number of aromatic amines is 1. The van der Waals surface area contributed by atoms with E-state index in [0.717, 1.165) is 48.1 Å². The molecule has 0 saturated carbocycles. The number of nitrogens with one attached hydrogen (secondary N) is 2. The molecular formula is C23H27N3O. The number of hydrogen-bond donors (Lipinski definition) is 2. The average molecular weight is 361 g/mol. The highest BCUT2D eigenvalue weighted by atomic mass is 16.1. The Bertz CT molecular complexity index is 943. The third kappa shape index (κ3) is 3.91. The van der Waals surface area contributed by atoms with Crippen LogP contribution in [0, 0.1) is 0 Å². The van der Waals surface area contributed by atoms with Gasteiger partial charge in [-0.1, -0.05) is 18.2 Å². The zero-order chi connectivity index (χ0) is 18.8. The molecule has 2 heterocycles. The maximum Gasteiger partial charge on any atom is 0.251 e. The van der Waals surface area contributed by atoms with Crippen molar-refractivity contribution in [2.75, 3.05) is 13.1 Å². The van der Waals surface area contributed by atoms with Crippen LogP contribution >= 0.6 is 0 Å². The van der Waals surface area contributed by atoms with Crippen molar-refractivity contribution in [1.82, 2.24) is 15.2 Å². The minimum absolute atomic E-state index is 0.0233. The van der Waals surface area contributed by atoms with Gasteiger partial charge < -0.3 is 10.3 Å². The van der Waals surface area contributed by atoms with Crippen molar-refractivity contribution in [3.63, 3.8) is 0 Å². The summed E-state index contributed by atoms with van der Waals surface area (Å²) in [4.78, 5) is 18.5. The Balaban J connectivity index is 1.50. The van der Waals surface area contributed by atoms with Crippen LogP contribution in [0.2, 0.25) is 0 Å². The van der Waals surface area contributed by atoms with Crippen LogP contribution in [0.4, 0.5) is 0 Å². The van der Waals surface area contributed by atoms with Gasteiger partial charge in [-0.05, 0) is 80.1 Å². The quantitative estimate of drug-likeness (QED) is 0.722. The normalized spacial score (nSPS) is 18.1. The molecule has 1 amide bonds. The lowest BCUT2D eigenvalue weighted by Gasteiger charge is -2.35. The van der Waals surface area contributed by atoms with Crippen LogP contribution in [0.3, 0.4) is 0 Å². The fraction of sp³-hybridized carbons (Fsp3) is 0.348. The Morgan fingerprint density at radius 2 is 2.00 bits per heavy atom. The maximum atomic E-state index is 12.8. The molecule has 3 aromatic rings. The SMILES string of the molecule is CC(C)N1CCC[C@@H](NC(=O)c2cccc(-c3ccc4[nH]ccc4c3)c2)C1. The van der Waals surface area contributed by atoms with Crippen LogP contribution in [0.25, 0.3) is 22.0 Å². The lowest BCUT2D eigenvalue weighted by atomic mass is 10.0. The summed E-state index contributed by atoms with van der Waals surface area (Å²) in [6.07, 6.45) is 4.14. The largest absolute Gasteiger partial charge is 0.361 e. The maximum absolute atomic E-state index is 12.8. The van der Waals surface area contributed by atoms with Gasteiger partial charge in [-0.25, -0.2) is 0 Å². The lowest BCUT2D eigenvalue weighted by Crippen LogP contribution is -2.49. The molecule has 1 aliphatic heterocycles. The standard InChI is InChI=1S/C23H27N3O/c1-16(2)26-12-4-7-21(15-26)25-23(27)20-6-3-5-17(14-20)18-8-9-22-19(13-18)10-11-24-22/h3,5-6,8-11,13-14,16,21,24H,4,7,12,15H2,1-2H3,(H,25,27)/t21-/m1/s1. The number of piperidine rings is 1. The predicted octanol–water partition coefficient (Wildman–Crippen LogP) is 4.44. The van der Waals surface area contributed by atoms with Crippen molar-refractivity contribution >= 4 is 16.8 Å². The average Bonchev–Trinajstić information content (AvgIpc) is 3.16. The van der Waals surface area contributed by atoms with Crippen molar-refractivity contribution < 1.29 is 4.79 Å². The van der Waals surface area contributed by atoms with Crippen LogP contribution in [0.5, 0.6) is 0 Å². The van der Waals surface area contributed by atoms with Crippen molar-refractivity contribution in [2.45, 2.75) is 38.8 Å². The Hall–Kier alpha value is -2.59. The Morgan fingerprint density at radius 1 is 1.15 bits per heavy atom. The summed E-state index contributed by atoms with van der Waals surface area (Å²) in [5.41, 5.74) is 4.04. The monoisotopic (exact) mass is 361 g/mol. The molecule has 2 N–H and O–H groups in total. The molecule has 0 aliphatic carbocycles. The third-order valence-electron chi connectivity index (χ3n) is 5.53. The lowest BCUT2D eigenvalue weighted by molar-refractivity contribution is 0.0886. The summed E-state index contributed by atoms with van der Waals surface area (Å²) in [6.45, 7) is 6.50. The molecule has 1 aromatic heterocycles. The summed E-state index contributed by atoms with van der Waals surface area (Å²) in [7, 11) is 0. The molecule has 1 fully saturated rings. The molecule has 140 valence electrons. The number of likely N-dealkylation sites (tertiary alicyclic amines) is 1. The van der Waals surface area contributed by atoms with E-state index in [1.807, 2.05) is 24.4 Å². The van der Waals surface area contributed by atoms with Crippen molar-refractivity contribution in [1.29, 1.82) is 0 Å². The predicted molar refractivity (Wildman–Crippen MR) is 111 cm³/mol. The Morgan fingerprint density at radius 3 is 2.85 bits per heavy atom. The van der Waals surface area contributed by atoms with E-state index in [-0.39, 0.29) is 11.9 Å². The molecule has 0 radical (unpaired) electrons. The first-order valence-corrected chi connectivity index (χ1v) is 9.82. The number of aromatic nitrogens is 1. The summed E-state index contributed by atoms with van der Waals surface area (Å²) in [5.74, 6) is 0.0233. The van der Waals surface area contributed by atoms with Crippen molar-refractivity contribution in [2.24, 2.45) is 0 Å². The second kappa shape index (κ2) is 7.57. The van der Waals surface area contributed by atoms with Gasteiger partial charge in [0, 0.05) is 35.9 Å². The molecule has 4 heteroatoms. The topological polar surface area (TPSA) is 48.1 Å². The van der Waals surface area contributed by atoms with Gasteiger partial charge >= 0.3 is 0 Å². The number of nitrogens with zero attached hydrogens (tertiary/aromatic N) is 1. The first-order chi connectivity index (χ1) is 13.1. The molecule has 4 rings (SSSR count). The number of fused-ring (bicyclic) bond motifs is 1. The van der Waals surface area contributed by atoms with E-state index in [9.17, 15) is 4.79 Å². The van der Waals surface area contributed by atoms with Gasteiger partial charge in [0.05, 0.1) is 0 Å². The molecule has 0 unspecified atom stereocenters. The first kappa shape index (κ1) is 17.8. The minimum Gasteiger partial charge on any atom is -0.361 e. The highest BCUT2D eigenvalue weighted by molar-refractivity contribution is 5.96. The van der Waals surface area contributed by atoms with E-state index in [1.165, 1.54) is 5.39 Å². The van der Waals surface area contributed by atoms with Gasteiger partial charge in [-0.3, -0.25) is 9.69 Å². The summed E-state index contributed by atoms with van der Waals surface area (Å²) >= 11 is 0. The minimum atomic E-state index is 0.0233. The van der Waals surface area contributed by atoms with Gasteiger partial charge in [0.1, 0.15) is 0 Å². The zero-order valence-electron chi connectivity index (χ0n) is 16.0. The number of rotatable bonds is 4. The Kier molecular flexibility index (Phi) is 4.99. The van der Waals surface area contributed by atoms with Gasteiger partial charge in [-0.15, -0.1) is 0 Å². The number of amides is 1. The third-order valence-corrected chi connectivity index (χ3v) is 5.53. The van der Waals surface area contributed by atoms with Crippen LogP contribution in [0.15, 0.2) is 54.7 Å². The molecular weight excluding hydrogens is 334 g/mol. The van der Waals surface area contributed by atoms with E-state index in [4.69, 9.17) is 0 Å². The highest BCUT2D eigenvalue weighted by Gasteiger charge is 2.23. The van der Waals surface area contributed by atoms with Crippen LogP contribution < -0.4 is 5.32 Å². The molecule has 0 spiro atoms. The summed E-state index contributed by atoms with van der Waals surface area (Å²) in [6, 6.07) is 17.1. The molecule has 1 saturated heterocycles. The molecule has 0 bridgehead atoms. The number of carbonyl (C=O) groups excluding carboxylic acids is 1. The van der Waals surface area contributed by atoms with Gasteiger partial charge in [0.2, 0.25) is 0 Å². The molecule has 4 nitrogen and oxygen atoms in total.